The molecular weight excluding hydrogens is 290 g/mol. The monoisotopic (exact) mass is 313 g/mol. The van der Waals surface area contributed by atoms with Gasteiger partial charge in [-0.25, -0.2) is 13.1 Å². The molecule has 6 nitrogen and oxygen atoms in total. The lowest BCUT2D eigenvalue weighted by Gasteiger charge is -2.20. The van der Waals surface area contributed by atoms with Crippen molar-refractivity contribution >= 4 is 21.6 Å². The van der Waals surface area contributed by atoms with Crippen molar-refractivity contribution in [2.24, 2.45) is 0 Å². The first kappa shape index (κ1) is 17.5. The minimum Gasteiger partial charge on any atom is -0.376 e. The Hall–Kier alpha value is -1.60. The summed E-state index contributed by atoms with van der Waals surface area (Å²) < 4.78 is 26.0. The summed E-state index contributed by atoms with van der Waals surface area (Å²) in [5.74, 6) is -0.119. The van der Waals surface area contributed by atoms with Gasteiger partial charge < -0.3 is 10.6 Å². The van der Waals surface area contributed by atoms with Crippen LogP contribution in [0.25, 0.3) is 0 Å². The maximum atomic E-state index is 11.8. The average molecular weight is 313 g/mol. The van der Waals surface area contributed by atoms with Crippen molar-refractivity contribution in [2.75, 3.05) is 18.4 Å². The molecule has 0 aliphatic carbocycles. The molecule has 1 rings (SSSR count). The van der Waals surface area contributed by atoms with Crippen LogP contribution in [0.1, 0.15) is 27.7 Å². The Labute approximate surface area is 126 Å². The first-order valence-electron chi connectivity index (χ1n) is 6.78. The van der Waals surface area contributed by atoms with Gasteiger partial charge in [0, 0.05) is 17.8 Å². The highest BCUT2D eigenvalue weighted by molar-refractivity contribution is 7.89. The quantitative estimate of drug-likeness (QED) is 0.739. The van der Waals surface area contributed by atoms with Gasteiger partial charge in [-0.1, -0.05) is 6.92 Å². The molecule has 1 aromatic carbocycles. The largest absolute Gasteiger partial charge is 0.376 e. The van der Waals surface area contributed by atoms with E-state index in [9.17, 15) is 13.2 Å². The van der Waals surface area contributed by atoms with Gasteiger partial charge in [0.15, 0.2) is 0 Å². The molecule has 0 saturated carbocycles. The van der Waals surface area contributed by atoms with Gasteiger partial charge in [0.25, 0.3) is 0 Å². The number of rotatable bonds is 6. The molecule has 0 bridgehead atoms. The Kier molecular flexibility index (Phi) is 5.74. The fraction of sp³-hybridized carbons (Fsp3) is 0.500. The molecule has 0 aliphatic heterocycles. The minimum atomic E-state index is -3.44. The lowest BCUT2D eigenvalue weighted by atomic mass is 10.1. The van der Waals surface area contributed by atoms with Crippen LogP contribution in [0.4, 0.5) is 5.69 Å². The first-order valence-corrected chi connectivity index (χ1v) is 8.27. The van der Waals surface area contributed by atoms with E-state index < -0.39 is 10.0 Å². The van der Waals surface area contributed by atoms with Crippen LogP contribution in [0.3, 0.4) is 0 Å². The van der Waals surface area contributed by atoms with Crippen LogP contribution >= 0.6 is 0 Å². The van der Waals surface area contributed by atoms with Crippen molar-refractivity contribution in [1.82, 2.24) is 10.0 Å². The standard InChI is InChI=1S/C14H23N3O3S/c1-5-16-21(19,20)12-8-6-11(7-9-12)15-10-13(18)17-14(2,3)4/h6-9,15-16H,5,10H2,1-4H3,(H,17,18). The summed E-state index contributed by atoms with van der Waals surface area (Å²) >= 11 is 0. The van der Waals surface area contributed by atoms with Gasteiger partial charge in [-0.05, 0) is 45.0 Å². The van der Waals surface area contributed by atoms with Crippen LogP contribution in [0.15, 0.2) is 29.2 Å². The van der Waals surface area contributed by atoms with Gasteiger partial charge in [0.05, 0.1) is 11.4 Å². The zero-order valence-electron chi connectivity index (χ0n) is 12.9. The van der Waals surface area contributed by atoms with Crippen LogP contribution in [-0.4, -0.2) is 33.0 Å². The molecule has 0 spiro atoms. The molecule has 1 aromatic rings. The molecule has 3 N–H and O–H groups in total. The number of carbonyl (C=O) groups is 1. The second-order valence-corrected chi connectivity index (χ2v) is 7.44. The number of carbonyl (C=O) groups excluding carboxylic acids is 1. The van der Waals surface area contributed by atoms with Crippen LogP contribution in [-0.2, 0) is 14.8 Å². The fourth-order valence-corrected chi connectivity index (χ4v) is 2.71. The molecule has 0 radical (unpaired) electrons. The van der Waals surface area contributed by atoms with Gasteiger partial charge in [-0.15, -0.1) is 0 Å². The molecular formula is C14H23N3O3S. The second-order valence-electron chi connectivity index (χ2n) is 5.68. The molecule has 7 heteroatoms. The summed E-state index contributed by atoms with van der Waals surface area (Å²) in [6.07, 6.45) is 0. The smallest absolute Gasteiger partial charge is 0.240 e. The molecule has 0 atom stereocenters. The molecule has 0 heterocycles. The number of amides is 1. The Bertz CT molecular complexity index is 574. The molecule has 0 unspecified atom stereocenters. The number of benzene rings is 1. The van der Waals surface area contributed by atoms with E-state index in [0.29, 0.717) is 12.2 Å². The van der Waals surface area contributed by atoms with Crippen molar-refractivity contribution < 1.29 is 13.2 Å². The van der Waals surface area contributed by atoms with Gasteiger partial charge in [-0.2, -0.15) is 0 Å². The van der Waals surface area contributed by atoms with E-state index in [-0.39, 0.29) is 22.9 Å². The third-order valence-electron chi connectivity index (χ3n) is 2.47. The number of hydrogen-bond donors (Lipinski definition) is 3. The highest BCUT2D eigenvalue weighted by atomic mass is 32.2. The summed E-state index contributed by atoms with van der Waals surface area (Å²) in [7, 11) is -3.44. The molecule has 21 heavy (non-hydrogen) atoms. The fourth-order valence-electron chi connectivity index (χ4n) is 1.67. The summed E-state index contributed by atoms with van der Waals surface area (Å²) in [5.41, 5.74) is 0.414. The molecule has 1 amide bonds. The summed E-state index contributed by atoms with van der Waals surface area (Å²) in [4.78, 5) is 11.9. The minimum absolute atomic E-state index is 0.119. The van der Waals surface area contributed by atoms with Crippen molar-refractivity contribution in [1.29, 1.82) is 0 Å². The van der Waals surface area contributed by atoms with Crippen LogP contribution < -0.4 is 15.4 Å². The Balaban J connectivity index is 2.62. The highest BCUT2D eigenvalue weighted by Gasteiger charge is 2.14. The van der Waals surface area contributed by atoms with Crippen molar-refractivity contribution in [3.05, 3.63) is 24.3 Å². The molecule has 0 saturated heterocycles. The van der Waals surface area contributed by atoms with Gasteiger partial charge in [0.1, 0.15) is 0 Å². The Morgan fingerprint density at radius 1 is 1.14 bits per heavy atom. The maximum absolute atomic E-state index is 11.8. The third-order valence-corrected chi connectivity index (χ3v) is 4.03. The van der Waals surface area contributed by atoms with Gasteiger partial charge in [-0.3, -0.25) is 4.79 Å². The first-order chi connectivity index (χ1) is 9.64. The predicted molar refractivity (Wildman–Crippen MR) is 83.7 cm³/mol. The van der Waals surface area contributed by atoms with E-state index in [1.54, 1.807) is 19.1 Å². The lowest BCUT2D eigenvalue weighted by Crippen LogP contribution is -2.43. The molecule has 0 fully saturated rings. The SMILES string of the molecule is CCNS(=O)(=O)c1ccc(NCC(=O)NC(C)(C)C)cc1. The average Bonchev–Trinajstić information content (AvgIpc) is 2.35. The maximum Gasteiger partial charge on any atom is 0.240 e. The van der Waals surface area contributed by atoms with E-state index >= 15 is 0 Å². The number of sulfonamides is 1. The summed E-state index contributed by atoms with van der Waals surface area (Å²) in [6, 6.07) is 6.27. The van der Waals surface area contributed by atoms with Crippen molar-refractivity contribution in [2.45, 2.75) is 38.1 Å². The zero-order valence-corrected chi connectivity index (χ0v) is 13.7. The second kappa shape index (κ2) is 6.91. The normalized spacial score (nSPS) is 12.0. The Morgan fingerprint density at radius 3 is 2.19 bits per heavy atom. The van der Waals surface area contributed by atoms with Crippen LogP contribution in [0.5, 0.6) is 0 Å². The number of nitrogens with one attached hydrogen (secondary N) is 3. The Morgan fingerprint density at radius 2 is 1.71 bits per heavy atom. The number of anilines is 1. The van der Waals surface area contributed by atoms with E-state index in [0.717, 1.165) is 0 Å². The van der Waals surface area contributed by atoms with E-state index in [2.05, 4.69) is 15.4 Å². The van der Waals surface area contributed by atoms with Crippen LogP contribution in [0.2, 0.25) is 0 Å². The molecule has 0 aromatic heterocycles. The topological polar surface area (TPSA) is 87.3 Å². The van der Waals surface area contributed by atoms with E-state index in [1.165, 1.54) is 12.1 Å². The summed E-state index contributed by atoms with van der Waals surface area (Å²) in [6.45, 7) is 7.93. The summed E-state index contributed by atoms with van der Waals surface area (Å²) in [5, 5.41) is 5.78. The van der Waals surface area contributed by atoms with E-state index in [1.807, 2.05) is 20.8 Å². The molecule has 0 aliphatic rings. The zero-order chi connectivity index (χ0) is 16.1. The van der Waals surface area contributed by atoms with Gasteiger partial charge >= 0.3 is 0 Å². The third kappa shape index (κ3) is 6.14. The highest BCUT2D eigenvalue weighted by Crippen LogP contribution is 2.13. The lowest BCUT2D eigenvalue weighted by molar-refractivity contribution is -0.120. The van der Waals surface area contributed by atoms with E-state index in [4.69, 9.17) is 0 Å². The van der Waals surface area contributed by atoms with Crippen molar-refractivity contribution in [3.8, 4) is 0 Å². The number of hydrogen-bond acceptors (Lipinski definition) is 4. The van der Waals surface area contributed by atoms with Gasteiger partial charge in [0.2, 0.25) is 15.9 Å². The molecule has 118 valence electrons. The predicted octanol–water partition coefficient (Wildman–Crippen LogP) is 1.31. The van der Waals surface area contributed by atoms with Crippen molar-refractivity contribution in [3.63, 3.8) is 0 Å². The van der Waals surface area contributed by atoms with Crippen LogP contribution in [0, 0.1) is 0 Å².